The second-order valence-corrected chi connectivity index (χ2v) is 10.7. The lowest BCUT2D eigenvalue weighted by atomic mass is 10.3. The predicted molar refractivity (Wildman–Crippen MR) is 127 cm³/mol. The summed E-state index contributed by atoms with van der Waals surface area (Å²) in [6.07, 6.45) is 0. The number of nitrogens with zero attached hydrogens (tertiary/aromatic N) is 2. The molecule has 0 radical (unpaired) electrons. The second-order valence-electron chi connectivity index (χ2n) is 7.61. The average molecular weight is 479 g/mol. The first kappa shape index (κ1) is 24.7. The molecule has 174 valence electrons. The first-order valence-corrected chi connectivity index (χ1v) is 13.1. The number of ether oxygens (including phenoxy) is 2. The van der Waals surface area contributed by atoms with Crippen molar-refractivity contribution in [3.63, 3.8) is 0 Å². The topological polar surface area (TPSA) is 76.2 Å². The number of carbonyl (C=O) groups is 1. The van der Waals surface area contributed by atoms with Gasteiger partial charge >= 0.3 is 0 Å². The molecule has 1 atom stereocenters. The van der Waals surface area contributed by atoms with Crippen molar-refractivity contribution in [2.45, 2.75) is 24.8 Å². The minimum absolute atomic E-state index is 0.0233. The van der Waals surface area contributed by atoms with E-state index in [2.05, 4.69) is 4.90 Å². The van der Waals surface area contributed by atoms with Crippen molar-refractivity contribution in [3.05, 3.63) is 54.6 Å². The fourth-order valence-electron chi connectivity index (χ4n) is 3.40. The largest absolute Gasteiger partial charge is 0.457 e. The van der Waals surface area contributed by atoms with Crippen molar-refractivity contribution < 1.29 is 22.7 Å². The highest BCUT2D eigenvalue weighted by atomic mass is 32.2. The first-order valence-electron chi connectivity index (χ1n) is 10.6. The van der Waals surface area contributed by atoms with E-state index in [9.17, 15) is 13.2 Å². The van der Waals surface area contributed by atoms with Gasteiger partial charge in [0, 0.05) is 44.9 Å². The molecule has 1 aliphatic rings. The third-order valence-corrected chi connectivity index (χ3v) is 8.25. The second kappa shape index (κ2) is 11.8. The first-order chi connectivity index (χ1) is 15.4. The van der Waals surface area contributed by atoms with Crippen LogP contribution in [-0.2, 0) is 19.6 Å². The molecule has 2 aromatic carbocycles. The molecule has 1 heterocycles. The van der Waals surface area contributed by atoms with Crippen LogP contribution in [0.4, 0.5) is 0 Å². The predicted octanol–water partition coefficient (Wildman–Crippen LogP) is 3.47. The molecule has 7 nitrogen and oxygen atoms in total. The van der Waals surface area contributed by atoms with Crippen LogP contribution in [0.15, 0.2) is 59.5 Å². The lowest BCUT2D eigenvalue weighted by molar-refractivity contribution is -0.109. The highest BCUT2D eigenvalue weighted by Gasteiger charge is 2.30. The lowest BCUT2D eigenvalue weighted by Crippen LogP contribution is -2.46. The van der Waals surface area contributed by atoms with Crippen molar-refractivity contribution in [2.75, 3.05) is 45.1 Å². The van der Waals surface area contributed by atoms with Gasteiger partial charge in [-0.15, -0.1) is 0 Å². The Labute approximate surface area is 194 Å². The van der Waals surface area contributed by atoms with Crippen molar-refractivity contribution in [3.8, 4) is 11.5 Å². The molecule has 0 aromatic heterocycles. The average Bonchev–Trinajstić information content (AvgIpc) is 2.79. The third-order valence-electron chi connectivity index (χ3n) is 5.17. The Morgan fingerprint density at radius 1 is 1.09 bits per heavy atom. The van der Waals surface area contributed by atoms with Crippen LogP contribution in [0.25, 0.3) is 0 Å². The van der Waals surface area contributed by atoms with Crippen LogP contribution in [0.5, 0.6) is 11.5 Å². The Kier molecular flexibility index (Phi) is 9.12. The summed E-state index contributed by atoms with van der Waals surface area (Å²) < 4.78 is 39.7. The number of benzene rings is 2. The zero-order chi connectivity index (χ0) is 23.0. The summed E-state index contributed by atoms with van der Waals surface area (Å²) in [5.41, 5.74) is 0. The molecule has 0 N–H and O–H groups in total. The van der Waals surface area contributed by atoms with E-state index in [1.165, 1.54) is 11.2 Å². The van der Waals surface area contributed by atoms with Gasteiger partial charge in [0.15, 0.2) is 5.12 Å². The lowest BCUT2D eigenvalue weighted by Gasteiger charge is -2.32. The number of hydrogen-bond acceptors (Lipinski definition) is 7. The maximum Gasteiger partial charge on any atom is 0.243 e. The summed E-state index contributed by atoms with van der Waals surface area (Å²) in [6, 6.07) is 15.5. The van der Waals surface area contributed by atoms with Crippen LogP contribution in [0.3, 0.4) is 0 Å². The normalized spacial score (nSPS) is 16.1. The maximum atomic E-state index is 13.5. The number of sulfonamides is 1. The van der Waals surface area contributed by atoms with E-state index in [0.29, 0.717) is 43.6 Å². The van der Waals surface area contributed by atoms with E-state index >= 15 is 0 Å². The van der Waals surface area contributed by atoms with E-state index in [4.69, 9.17) is 9.47 Å². The molecule has 1 saturated heterocycles. The zero-order valence-electron chi connectivity index (χ0n) is 18.5. The molecule has 0 bridgehead atoms. The van der Waals surface area contributed by atoms with E-state index in [-0.39, 0.29) is 16.1 Å². The van der Waals surface area contributed by atoms with Crippen LogP contribution in [-0.4, -0.2) is 73.9 Å². The van der Waals surface area contributed by atoms with E-state index in [0.717, 1.165) is 24.9 Å². The minimum atomic E-state index is -3.74. The molecule has 1 fully saturated rings. The van der Waals surface area contributed by atoms with E-state index in [1.807, 2.05) is 37.3 Å². The summed E-state index contributed by atoms with van der Waals surface area (Å²) in [7, 11) is -3.74. The van der Waals surface area contributed by atoms with Crippen LogP contribution >= 0.6 is 11.8 Å². The number of thioether (sulfide) groups is 1. The zero-order valence-corrected chi connectivity index (χ0v) is 20.1. The molecule has 0 amide bonds. The number of morpholine rings is 1. The SMILES string of the molecule is CC(=O)SC[C@@H](C)N(CCN1CCOCC1)S(=O)(=O)c1ccc(Oc2ccccc2)cc1. The fraction of sp³-hybridized carbons (Fsp3) is 0.435. The summed E-state index contributed by atoms with van der Waals surface area (Å²) in [4.78, 5) is 13.9. The van der Waals surface area contributed by atoms with Gasteiger partial charge < -0.3 is 9.47 Å². The van der Waals surface area contributed by atoms with Gasteiger partial charge in [0.2, 0.25) is 10.0 Å². The molecule has 32 heavy (non-hydrogen) atoms. The molecule has 2 aromatic rings. The molecule has 9 heteroatoms. The molecule has 0 unspecified atom stereocenters. The summed E-state index contributed by atoms with van der Waals surface area (Å²) in [5, 5.41) is -0.0233. The van der Waals surface area contributed by atoms with Gasteiger partial charge in [0.1, 0.15) is 11.5 Å². The van der Waals surface area contributed by atoms with Crippen LogP contribution in [0.2, 0.25) is 0 Å². The number of rotatable bonds is 10. The van der Waals surface area contributed by atoms with E-state index in [1.54, 1.807) is 24.3 Å². The smallest absolute Gasteiger partial charge is 0.243 e. The van der Waals surface area contributed by atoms with E-state index < -0.39 is 10.0 Å². The van der Waals surface area contributed by atoms with Gasteiger partial charge in [-0.05, 0) is 43.3 Å². The Hall–Kier alpha value is -1.91. The Balaban J connectivity index is 1.75. The Bertz CT molecular complexity index is 962. The molecule has 3 rings (SSSR count). The molecule has 0 saturated carbocycles. The third kappa shape index (κ3) is 7.05. The van der Waals surface area contributed by atoms with Crippen LogP contribution < -0.4 is 4.74 Å². The van der Waals surface area contributed by atoms with Crippen molar-refractivity contribution in [2.24, 2.45) is 0 Å². The number of carbonyl (C=O) groups excluding carboxylic acids is 1. The Morgan fingerprint density at radius 3 is 2.34 bits per heavy atom. The summed E-state index contributed by atoms with van der Waals surface area (Å²) in [6.45, 7) is 7.20. The van der Waals surface area contributed by atoms with Crippen molar-refractivity contribution >= 4 is 26.9 Å². The summed E-state index contributed by atoms with van der Waals surface area (Å²) >= 11 is 1.15. The van der Waals surface area contributed by atoms with Crippen molar-refractivity contribution in [1.29, 1.82) is 0 Å². The quantitative estimate of drug-likeness (QED) is 0.518. The van der Waals surface area contributed by atoms with Gasteiger partial charge in [-0.25, -0.2) is 8.42 Å². The molecule has 1 aliphatic heterocycles. The minimum Gasteiger partial charge on any atom is -0.457 e. The van der Waals surface area contributed by atoms with Gasteiger partial charge in [0.05, 0.1) is 18.1 Å². The maximum absolute atomic E-state index is 13.5. The van der Waals surface area contributed by atoms with Crippen LogP contribution in [0, 0.1) is 0 Å². The van der Waals surface area contributed by atoms with Crippen molar-refractivity contribution in [1.82, 2.24) is 9.21 Å². The fourth-order valence-corrected chi connectivity index (χ4v) is 5.77. The van der Waals surface area contributed by atoms with Gasteiger partial charge in [0.25, 0.3) is 0 Å². The standard InChI is InChI=1S/C23H30N2O5S2/c1-19(18-31-20(2)26)25(13-12-24-14-16-29-17-15-24)32(27,28)23-10-8-22(9-11-23)30-21-6-4-3-5-7-21/h3-11,19H,12-18H2,1-2H3/t19-/m1/s1. The molecule has 0 aliphatic carbocycles. The van der Waals surface area contributed by atoms with Gasteiger partial charge in [-0.3, -0.25) is 9.69 Å². The molecular weight excluding hydrogens is 448 g/mol. The highest BCUT2D eigenvalue weighted by molar-refractivity contribution is 8.13. The van der Waals surface area contributed by atoms with Gasteiger partial charge in [-0.1, -0.05) is 30.0 Å². The number of para-hydroxylation sites is 1. The van der Waals surface area contributed by atoms with Gasteiger partial charge in [-0.2, -0.15) is 4.31 Å². The summed E-state index contributed by atoms with van der Waals surface area (Å²) in [5.74, 6) is 1.66. The monoisotopic (exact) mass is 478 g/mol. The Morgan fingerprint density at radius 2 is 1.72 bits per heavy atom. The highest BCUT2D eigenvalue weighted by Crippen LogP contribution is 2.25. The molecular formula is C23H30N2O5S2. The molecule has 0 spiro atoms. The van der Waals surface area contributed by atoms with Crippen LogP contribution in [0.1, 0.15) is 13.8 Å². The number of hydrogen-bond donors (Lipinski definition) is 0.